The van der Waals surface area contributed by atoms with Crippen LogP contribution in [0.1, 0.15) is 29.6 Å². The van der Waals surface area contributed by atoms with Gasteiger partial charge in [0.25, 0.3) is 0 Å². The molecule has 142 valence electrons. The van der Waals surface area contributed by atoms with Crippen molar-refractivity contribution in [1.29, 1.82) is 5.26 Å². The van der Waals surface area contributed by atoms with Crippen LogP contribution >= 0.6 is 0 Å². The van der Waals surface area contributed by atoms with E-state index in [-0.39, 0.29) is 0 Å². The Balaban J connectivity index is 1.49. The first kappa shape index (κ1) is 18.0. The zero-order valence-corrected chi connectivity index (χ0v) is 16.1. The lowest BCUT2D eigenvalue weighted by Crippen LogP contribution is -2.07. The van der Waals surface area contributed by atoms with Crippen LogP contribution in [0.15, 0.2) is 36.7 Å². The Kier molecular flexibility index (Phi) is 4.70. The lowest BCUT2D eigenvalue weighted by molar-refractivity contribution is 0.285. The fourth-order valence-corrected chi connectivity index (χ4v) is 3.34. The summed E-state index contributed by atoms with van der Waals surface area (Å²) in [5, 5.41) is 9.20. The fraction of sp³-hybridized carbons (Fsp3) is 0.333. The Morgan fingerprint density at radius 3 is 2.75 bits per heavy atom. The Morgan fingerprint density at radius 2 is 2.07 bits per heavy atom. The first-order chi connectivity index (χ1) is 13.6. The van der Waals surface area contributed by atoms with E-state index in [0.717, 1.165) is 29.1 Å². The number of aromatic nitrogens is 4. The molecule has 0 bridgehead atoms. The van der Waals surface area contributed by atoms with Crippen molar-refractivity contribution >= 4 is 0 Å². The molecule has 3 aromatic rings. The molecule has 28 heavy (non-hydrogen) atoms. The lowest BCUT2D eigenvalue weighted by Gasteiger charge is -2.12. The van der Waals surface area contributed by atoms with Crippen LogP contribution in [0.2, 0.25) is 0 Å². The van der Waals surface area contributed by atoms with Gasteiger partial charge in [-0.15, -0.1) is 0 Å². The highest BCUT2D eigenvalue weighted by atomic mass is 16.5. The van der Waals surface area contributed by atoms with E-state index in [1.54, 1.807) is 25.6 Å². The molecule has 1 saturated carbocycles. The van der Waals surface area contributed by atoms with Crippen LogP contribution in [0.25, 0.3) is 11.3 Å². The molecule has 1 fully saturated rings. The summed E-state index contributed by atoms with van der Waals surface area (Å²) in [4.78, 5) is 13.3. The number of aryl methyl sites for hydroxylation is 1. The summed E-state index contributed by atoms with van der Waals surface area (Å²) in [5.74, 6) is 2.77. The molecule has 0 spiro atoms. The third-order valence-corrected chi connectivity index (χ3v) is 5.12. The summed E-state index contributed by atoms with van der Waals surface area (Å²) >= 11 is 0. The van der Waals surface area contributed by atoms with E-state index in [4.69, 9.17) is 9.47 Å². The number of hydrogen-bond donors (Lipinski definition) is 0. The summed E-state index contributed by atoms with van der Waals surface area (Å²) in [6.07, 6.45) is 4.55. The summed E-state index contributed by atoms with van der Waals surface area (Å²) in [6.45, 7) is 2.40. The molecule has 0 aliphatic heterocycles. The monoisotopic (exact) mass is 375 g/mol. The molecular formula is C21H21N5O2. The van der Waals surface area contributed by atoms with Crippen molar-refractivity contribution in [2.24, 2.45) is 13.0 Å². The van der Waals surface area contributed by atoms with Gasteiger partial charge in [-0.25, -0.2) is 4.98 Å². The third kappa shape index (κ3) is 3.41. The third-order valence-electron chi connectivity index (χ3n) is 5.12. The van der Waals surface area contributed by atoms with Crippen LogP contribution in [0, 0.1) is 24.2 Å². The Hall–Kier alpha value is -3.40. The number of pyridine rings is 1. The van der Waals surface area contributed by atoms with Crippen LogP contribution in [0.3, 0.4) is 0 Å². The first-order valence-corrected chi connectivity index (χ1v) is 9.13. The molecule has 2 atom stereocenters. The molecule has 4 rings (SSSR count). The Labute approximate surface area is 163 Å². The van der Waals surface area contributed by atoms with Crippen molar-refractivity contribution in [2.75, 3.05) is 13.7 Å². The van der Waals surface area contributed by atoms with Gasteiger partial charge in [-0.1, -0.05) is 0 Å². The highest BCUT2D eigenvalue weighted by Crippen LogP contribution is 2.47. The number of hydrogen-bond acceptors (Lipinski definition) is 6. The minimum atomic E-state index is 0.400. The zero-order valence-electron chi connectivity index (χ0n) is 16.1. The maximum absolute atomic E-state index is 9.20. The van der Waals surface area contributed by atoms with E-state index in [9.17, 15) is 5.26 Å². The Bertz CT molecular complexity index is 1040. The van der Waals surface area contributed by atoms with Crippen molar-refractivity contribution in [3.63, 3.8) is 0 Å². The summed E-state index contributed by atoms with van der Waals surface area (Å²) in [6, 6.07) is 9.79. The van der Waals surface area contributed by atoms with E-state index < -0.39 is 0 Å². The van der Waals surface area contributed by atoms with Gasteiger partial charge >= 0.3 is 0 Å². The molecule has 0 unspecified atom stereocenters. The molecule has 7 heteroatoms. The van der Waals surface area contributed by atoms with E-state index in [1.807, 2.05) is 36.7 Å². The number of nitriles is 1. The Morgan fingerprint density at radius 1 is 1.21 bits per heavy atom. The largest absolute Gasteiger partial charge is 0.495 e. The van der Waals surface area contributed by atoms with Gasteiger partial charge in [0.2, 0.25) is 5.88 Å². The van der Waals surface area contributed by atoms with Crippen molar-refractivity contribution < 1.29 is 9.47 Å². The number of methoxy groups -OCH3 is 1. The van der Waals surface area contributed by atoms with Gasteiger partial charge in [-0.05, 0) is 37.6 Å². The van der Waals surface area contributed by atoms with Crippen LogP contribution in [-0.4, -0.2) is 33.2 Å². The molecule has 0 amide bonds. The molecule has 0 radical (unpaired) electrons. The van der Waals surface area contributed by atoms with Gasteiger partial charge < -0.3 is 14.0 Å². The topological polar surface area (TPSA) is 85.9 Å². The minimum Gasteiger partial charge on any atom is -0.495 e. The molecule has 0 saturated heterocycles. The number of nitrogens with zero attached hydrogens (tertiary/aromatic N) is 5. The van der Waals surface area contributed by atoms with Crippen molar-refractivity contribution in [1.82, 2.24) is 19.5 Å². The van der Waals surface area contributed by atoms with Crippen LogP contribution in [-0.2, 0) is 7.05 Å². The van der Waals surface area contributed by atoms with E-state index in [0.29, 0.717) is 35.8 Å². The van der Waals surface area contributed by atoms with Crippen molar-refractivity contribution in [2.45, 2.75) is 19.3 Å². The summed E-state index contributed by atoms with van der Waals surface area (Å²) in [5.41, 5.74) is 3.29. The number of ether oxygens (including phenoxy) is 2. The SMILES string of the molecule is COc1ccc([C@H]2C[C@@H]2COc2nc(C)ncc2-c2ccc(C#N)n2C)nc1. The molecule has 0 aromatic carbocycles. The molecule has 3 aromatic heterocycles. The molecule has 7 nitrogen and oxygen atoms in total. The number of rotatable bonds is 6. The molecule has 1 aliphatic carbocycles. The minimum absolute atomic E-state index is 0.400. The predicted octanol–water partition coefficient (Wildman–Crippen LogP) is 3.25. The van der Waals surface area contributed by atoms with Crippen LogP contribution in [0.5, 0.6) is 11.6 Å². The first-order valence-electron chi connectivity index (χ1n) is 9.13. The summed E-state index contributed by atoms with van der Waals surface area (Å²) < 4.78 is 13.1. The predicted molar refractivity (Wildman–Crippen MR) is 103 cm³/mol. The second-order valence-corrected chi connectivity index (χ2v) is 6.95. The smallest absolute Gasteiger partial charge is 0.226 e. The van der Waals surface area contributed by atoms with Gasteiger partial charge in [0.15, 0.2) is 0 Å². The van der Waals surface area contributed by atoms with Crippen LogP contribution in [0.4, 0.5) is 0 Å². The van der Waals surface area contributed by atoms with Gasteiger partial charge in [0.1, 0.15) is 23.3 Å². The molecular weight excluding hydrogens is 354 g/mol. The molecule has 1 aliphatic rings. The van der Waals surface area contributed by atoms with Gasteiger partial charge in [0, 0.05) is 30.8 Å². The van der Waals surface area contributed by atoms with E-state index >= 15 is 0 Å². The highest BCUT2D eigenvalue weighted by Gasteiger charge is 2.40. The maximum atomic E-state index is 9.20. The molecule has 3 heterocycles. The standard InChI is InChI=1S/C21H21N5O2/c1-13-23-11-18(20-7-4-15(9-22)26(20)2)21(25-13)28-12-14-8-17(14)19-6-5-16(27-3)10-24-19/h4-7,10-11,14,17H,8,12H2,1-3H3/t14-,17+/m1/s1. The molecule has 0 N–H and O–H groups in total. The average Bonchev–Trinajstić information content (AvgIpc) is 3.41. The average molecular weight is 375 g/mol. The van der Waals surface area contributed by atoms with Gasteiger partial charge in [-0.2, -0.15) is 10.2 Å². The lowest BCUT2D eigenvalue weighted by atomic mass is 10.2. The van der Waals surface area contributed by atoms with E-state index in [1.165, 1.54) is 0 Å². The maximum Gasteiger partial charge on any atom is 0.226 e. The van der Waals surface area contributed by atoms with Crippen LogP contribution < -0.4 is 9.47 Å². The van der Waals surface area contributed by atoms with Crippen molar-refractivity contribution in [3.05, 3.63) is 53.9 Å². The second kappa shape index (κ2) is 7.31. The fourth-order valence-electron chi connectivity index (χ4n) is 3.34. The van der Waals surface area contributed by atoms with Gasteiger partial charge in [0.05, 0.1) is 31.2 Å². The highest BCUT2D eigenvalue weighted by molar-refractivity contribution is 5.66. The summed E-state index contributed by atoms with van der Waals surface area (Å²) in [7, 11) is 3.49. The normalized spacial score (nSPS) is 17.8. The quantitative estimate of drug-likeness (QED) is 0.657. The second-order valence-electron chi connectivity index (χ2n) is 6.95. The van der Waals surface area contributed by atoms with Crippen molar-refractivity contribution in [3.8, 4) is 29.0 Å². The van der Waals surface area contributed by atoms with E-state index in [2.05, 4.69) is 21.0 Å². The zero-order chi connectivity index (χ0) is 19.7. The van der Waals surface area contributed by atoms with Gasteiger partial charge in [-0.3, -0.25) is 4.98 Å².